The molecule has 1 aromatic carbocycles. The fourth-order valence-corrected chi connectivity index (χ4v) is 1.43. The third kappa shape index (κ3) is 4.14. The molecule has 0 aliphatic heterocycles. The van der Waals surface area contributed by atoms with Crippen LogP contribution in [0.4, 0.5) is 10.5 Å². The van der Waals surface area contributed by atoms with Gasteiger partial charge in [0.1, 0.15) is 0 Å². The lowest BCUT2D eigenvalue weighted by Gasteiger charge is -2.22. The summed E-state index contributed by atoms with van der Waals surface area (Å²) >= 11 is 0. The van der Waals surface area contributed by atoms with E-state index in [-0.39, 0.29) is 11.9 Å². The van der Waals surface area contributed by atoms with Crippen LogP contribution in [-0.4, -0.2) is 25.0 Å². The van der Waals surface area contributed by atoms with E-state index in [1.807, 2.05) is 37.3 Å². The molecule has 2 amide bonds. The van der Waals surface area contributed by atoms with Gasteiger partial charge in [-0.3, -0.25) is 10.3 Å². The Morgan fingerprint density at radius 1 is 1.41 bits per heavy atom. The van der Waals surface area contributed by atoms with E-state index in [4.69, 9.17) is 11.1 Å². The number of anilines is 1. The third-order valence-electron chi connectivity index (χ3n) is 2.25. The van der Waals surface area contributed by atoms with Crippen LogP contribution in [0.5, 0.6) is 0 Å². The summed E-state index contributed by atoms with van der Waals surface area (Å²) in [6, 6.07) is 9.18. The molecule has 0 saturated carbocycles. The number of nitrogens with one attached hydrogen (secondary N) is 2. The minimum Gasteiger partial charge on any atom is -0.388 e. The molecule has 0 aromatic heterocycles. The molecule has 0 atom stereocenters. The van der Waals surface area contributed by atoms with E-state index >= 15 is 0 Å². The van der Waals surface area contributed by atoms with Gasteiger partial charge in [-0.05, 0) is 19.1 Å². The summed E-state index contributed by atoms with van der Waals surface area (Å²) in [5.41, 5.74) is 6.12. The second-order valence-electron chi connectivity index (χ2n) is 3.60. The first-order chi connectivity index (χ1) is 8.15. The second kappa shape index (κ2) is 6.52. The van der Waals surface area contributed by atoms with Gasteiger partial charge in [0.05, 0.1) is 5.84 Å². The molecule has 0 radical (unpaired) electrons. The van der Waals surface area contributed by atoms with Crippen LogP contribution < -0.4 is 16.0 Å². The number of carbonyl (C=O) groups is 1. The van der Waals surface area contributed by atoms with Gasteiger partial charge in [0, 0.05) is 25.2 Å². The molecule has 17 heavy (non-hydrogen) atoms. The molecule has 0 saturated heterocycles. The summed E-state index contributed by atoms with van der Waals surface area (Å²) in [5.74, 6) is 0.0789. The minimum atomic E-state index is -0.167. The van der Waals surface area contributed by atoms with Crippen LogP contribution in [0, 0.1) is 5.41 Å². The van der Waals surface area contributed by atoms with Crippen LogP contribution in [-0.2, 0) is 0 Å². The van der Waals surface area contributed by atoms with Crippen LogP contribution in [0.3, 0.4) is 0 Å². The highest BCUT2D eigenvalue weighted by Crippen LogP contribution is 2.13. The van der Waals surface area contributed by atoms with Gasteiger partial charge < -0.3 is 11.1 Å². The molecule has 4 N–H and O–H groups in total. The smallest absolute Gasteiger partial charge is 0.321 e. The Kier molecular flexibility index (Phi) is 5.00. The summed E-state index contributed by atoms with van der Waals surface area (Å²) in [6.45, 7) is 2.85. The zero-order valence-corrected chi connectivity index (χ0v) is 9.94. The van der Waals surface area contributed by atoms with Crippen LogP contribution in [0.15, 0.2) is 30.3 Å². The number of nitrogens with zero attached hydrogens (tertiary/aromatic N) is 1. The number of nitrogens with two attached hydrogens (primary N) is 1. The van der Waals surface area contributed by atoms with Crippen molar-refractivity contribution in [3.05, 3.63) is 30.3 Å². The van der Waals surface area contributed by atoms with Crippen molar-refractivity contribution >= 4 is 17.6 Å². The first-order valence-corrected chi connectivity index (χ1v) is 5.58. The van der Waals surface area contributed by atoms with E-state index in [0.29, 0.717) is 19.5 Å². The van der Waals surface area contributed by atoms with Gasteiger partial charge in [-0.15, -0.1) is 0 Å². The largest absolute Gasteiger partial charge is 0.388 e. The number of urea groups is 1. The predicted octanol–water partition coefficient (Wildman–Crippen LogP) is 1.55. The van der Waals surface area contributed by atoms with Gasteiger partial charge in [-0.2, -0.15) is 0 Å². The average molecular weight is 234 g/mol. The monoisotopic (exact) mass is 234 g/mol. The maximum atomic E-state index is 11.9. The van der Waals surface area contributed by atoms with Crippen molar-refractivity contribution in [3.8, 4) is 0 Å². The summed E-state index contributed by atoms with van der Waals surface area (Å²) in [5, 5.41) is 9.96. The van der Waals surface area contributed by atoms with Gasteiger partial charge in [-0.1, -0.05) is 18.2 Å². The predicted molar refractivity (Wildman–Crippen MR) is 69.4 cm³/mol. The van der Waals surface area contributed by atoms with E-state index in [0.717, 1.165) is 5.69 Å². The maximum absolute atomic E-state index is 11.9. The lowest BCUT2D eigenvalue weighted by atomic mass is 10.2. The average Bonchev–Trinajstić information content (AvgIpc) is 2.30. The first kappa shape index (κ1) is 13.0. The Balaban J connectivity index is 2.78. The second-order valence-corrected chi connectivity index (χ2v) is 3.60. The molecule has 0 fully saturated rings. The number of benzene rings is 1. The van der Waals surface area contributed by atoms with Crippen molar-refractivity contribution in [2.45, 2.75) is 13.3 Å². The molecule has 1 aromatic rings. The molecule has 0 aliphatic rings. The Bertz CT molecular complexity index is 377. The number of carbonyl (C=O) groups excluding carboxylic acids is 1. The number of amides is 2. The van der Waals surface area contributed by atoms with Gasteiger partial charge in [-0.25, -0.2) is 4.79 Å². The van der Waals surface area contributed by atoms with Crippen molar-refractivity contribution in [2.24, 2.45) is 5.73 Å². The highest BCUT2D eigenvalue weighted by atomic mass is 16.2. The Hall–Kier alpha value is -2.04. The number of amidine groups is 1. The molecular weight excluding hydrogens is 216 g/mol. The van der Waals surface area contributed by atoms with Crippen LogP contribution in [0.1, 0.15) is 13.3 Å². The van der Waals surface area contributed by atoms with Crippen molar-refractivity contribution < 1.29 is 4.79 Å². The zero-order valence-electron chi connectivity index (χ0n) is 9.94. The zero-order chi connectivity index (χ0) is 12.7. The van der Waals surface area contributed by atoms with Crippen molar-refractivity contribution in [2.75, 3.05) is 18.0 Å². The fourth-order valence-electron chi connectivity index (χ4n) is 1.43. The molecule has 1 rings (SSSR count). The SMILES string of the molecule is CCNC(=O)N(CCC(=N)N)c1ccccc1. The maximum Gasteiger partial charge on any atom is 0.321 e. The number of para-hydroxylation sites is 1. The van der Waals surface area contributed by atoms with Gasteiger partial charge in [0.15, 0.2) is 0 Å². The number of hydrogen-bond acceptors (Lipinski definition) is 2. The molecule has 5 nitrogen and oxygen atoms in total. The van der Waals surface area contributed by atoms with Crippen LogP contribution >= 0.6 is 0 Å². The molecule has 0 heterocycles. The normalized spacial score (nSPS) is 9.71. The summed E-state index contributed by atoms with van der Waals surface area (Å²) in [4.78, 5) is 13.4. The molecule has 0 unspecified atom stereocenters. The molecule has 0 spiro atoms. The summed E-state index contributed by atoms with van der Waals surface area (Å²) in [7, 11) is 0. The van der Waals surface area contributed by atoms with Crippen LogP contribution in [0.2, 0.25) is 0 Å². The molecule has 5 heteroatoms. The van der Waals surface area contributed by atoms with Crippen molar-refractivity contribution in [1.29, 1.82) is 5.41 Å². The highest BCUT2D eigenvalue weighted by molar-refractivity contribution is 5.92. The molecule has 0 aliphatic carbocycles. The summed E-state index contributed by atoms with van der Waals surface area (Å²) in [6.07, 6.45) is 0.367. The summed E-state index contributed by atoms with van der Waals surface area (Å²) < 4.78 is 0. The van der Waals surface area contributed by atoms with E-state index in [1.165, 1.54) is 0 Å². The molecule has 0 bridgehead atoms. The minimum absolute atomic E-state index is 0.0789. The Labute approximate surface area is 101 Å². The van der Waals surface area contributed by atoms with Crippen molar-refractivity contribution in [1.82, 2.24) is 5.32 Å². The Morgan fingerprint density at radius 2 is 2.06 bits per heavy atom. The first-order valence-electron chi connectivity index (χ1n) is 5.58. The third-order valence-corrected chi connectivity index (χ3v) is 2.25. The van der Waals surface area contributed by atoms with E-state index < -0.39 is 0 Å². The van der Waals surface area contributed by atoms with Gasteiger partial charge in [0.25, 0.3) is 0 Å². The van der Waals surface area contributed by atoms with E-state index in [2.05, 4.69) is 5.32 Å². The number of rotatable bonds is 5. The topological polar surface area (TPSA) is 82.2 Å². The van der Waals surface area contributed by atoms with E-state index in [1.54, 1.807) is 4.90 Å². The lowest BCUT2D eigenvalue weighted by molar-refractivity contribution is 0.247. The highest BCUT2D eigenvalue weighted by Gasteiger charge is 2.14. The van der Waals surface area contributed by atoms with Gasteiger partial charge in [0.2, 0.25) is 0 Å². The lowest BCUT2D eigenvalue weighted by Crippen LogP contribution is -2.41. The Morgan fingerprint density at radius 3 is 2.59 bits per heavy atom. The van der Waals surface area contributed by atoms with Gasteiger partial charge >= 0.3 is 6.03 Å². The van der Waals surface area contributed by atoms with Crippen molar-refractivity contribution in [3.63, 3.8) is 0 Å². The molecule has 92 valence electrons. The van der Waals surface area contributed by atoms with Crippen LogP contribution in [0.25, 0.3) is 0 Å². The standard InChI is InChI=1S/C12H18N4O/c1-2-15-12(17)16(9-8-11(13)14)10-6-4-3-5-7-10/h3-7H,2,8-9H2,1H3,(H3,13,14)(H,15,17). The van der Waals surface area contributed by atoms with E-state index in [9.17, 15) is 4.79 Å². The quantitative estimate of drug-likeness (QED) is 0.533. The fraction of sp³-hybridized carbons (Fsp3) is 0.333. The molecular formula is C12H18N4O. The number of hydrogen-bond donors (Lipinski definition) is 3.